The van der Waals surface area contributed by atoms with Crippen molar-refractivity contribution in [3.63, 3.8) is 0 Å². The lowest BCUT2D eigenvalue weighted by Gasteiger charge is -2.24. The van der Waals surface area contributed by atoms with Crippen LogP contribution in [0.15, 0.2) is 24.3 Å². The molecule has 0 aliphatic carbocycles. The highest BCUT2D eigenvalue weighted by atomic mass is 19.1. The van der Waals surface area contributed by atoms with Crippen LogP contribution in [-0.4, -0.2) is 26.0 Å². The Bertz CT molecular complexity index is 408. The van der Waals surface area contributed by atoms with Crippen LogP contribution in [0.3, 0.4) is 0 Å². The molecule has 0 aromatic heterocycles. The van der Waals surface area contributed by atoms with Crippen molar-refractivity contribution in [2.24, 2.45) is 0 Å². The Kier molecular flexibility index (Phi) is 6.45. The Hall–Kier alpha value is -1.46. The van der Waals surface area contributed by atoms with Crippen LogP contribution >= 0.6 is 0 Å². The molecule has 0 radical (unpaired) electrons. The first-order valence-corrected chi connectivity index (χ1v) is 6.14. The van der Waals surface area contributed by atoms with Crippen molar-refractivity contribution in [3.8, 4) is 0 Å². The molecule has 1 aromatic rings. The van der Waals surface area contributed by atoms with E-state index in [4.69, 9.17) is 14.2 Å². The predicted molar refractivity (Wildman–Crippen MR) is 67.9 cm³/mol. The molecule has 5 heteroatoms. The summed E-state index contributed by atoms with van der Waals surface area (Å²) in [5, 5.41) is 0. The standard InChI is InChI=1S/C14H19FO4/c1-4-13(16)19-10(2)14(18-9-17-3)11-7-5-6-8-12(11)15/h5-8,10,14H,4,9H2,1-3H3/t10-,14+/m0/s1. The van der Waals surface area contributed by atoms with E-state index < -0.39 is 18.0 Å². The quantitative estimate of drug-likeness (QED) is 0.564. The zero-order valence-electron chi connectivity index (χ0n) is 11.4. The van der Waals surface area contributed by atoms with Gasteiger partial charge in [-0.3, -0.25) is 4.79 Å². The first-order chi connectivity index (χ1) is 9.10. The molecule has 0 spiro atoms. The molecule has 1 aromatic carbocycles. The van der Waals surface area contributed by atoms with E-state index in [0.29, 0.717) is 5.56 Å². The zero-order chi connectivity index (χ0) is 14.3. The van der Waals surface area contributed by atoms with E-state index in [9.17, 15) is 9.18 Å². The molecular weight excluding hydrogens is 251 g/mol. The summed E-state index contributed by atoms with van der Waals surface area (Å²) in [6.07, 6.45) is -1.03. The zero-order valence-corrected chi connectivity index (χ0v) is 11.4. The van der Waals surface area contributed by atoms with Gasteiger partial charge in [0.15, 0.2) is 0 Å². The average molecular weight is 270 g/mol. The molecule has 0 fully saturated rings. The number of benzene rings is 1. The average Bonchev–Trinajstić information content (AvgIpc) is 2.40. The van der Waals surface area contributed by atoms with Gasteiger partial charge in [-0.25, -0.2) is 4.39 Å². The maximum atomic E-state index is 13.8. The van der Waals surface area contributed by atoms with Gasteiger partial charge in [0.2, 0.25) is 0 Å². The lowest BCUT2D eigenvalue weighted by molar-refractivity contribution is -0.164. The minimum absolute atomic E-state index is 0.00693. The third-order valence-corrected chi connectivity index (χ3v) is 2.61. The number of halogens is 1. The van der Waals surface area contributed by atoms with Gasteiger partial charge in [0, 0.05) is 19.1 Å². The van der Waals surface area contributed by atoms with Gasteiger partial charge in [0.05, 0.1) is 0 Å². The van der Waals surface area contributed by atoms with E-state index in [2.05, 4.69) is 0 Å². The highest BCUT2D eigenvalue weighted by molar-refractivity contribution is 5.69. The minimum Gasteiger partial charge on any atom is -0.460 e. The van der Waals surface area contributed by atoms with Crippen LogP contribution in [-0.2, 0) is 19.0 Å². The molecule has 0 unspecified atom stereocenters. The summed E-state index contributed by atoms with van der Waals surface area (Å²) >= 11 is 0. The lowest BCUT2D eigenvalue weighted by atomic mass is 10.0. The van der Waals surface area contributed by atoms with Gasteiger partial charge in [-0.05, 0) is 13.0 Å². The first kappa shape index (κ1) is 15.6. The molecule has 0 aliphatic rings. The third-order valence-electron chi connectivity index (χ3n) is 2.61. The van der Waals surface area contributed by atoms with Crippen molar-refractivity contribution < 1.29 is 23.4 Å². The second-order valence-electron chi connectivity index (χ2n) is 4.06. The number of esters is 1. The molecule has 2 atom stereocenters. The minimum atomic E-state index is -0.698. The van der Waals surface area contributed by atoms with Crippen molar-refractivity contribution in [3.05, 3.63) is 35.6 Å². The van der Waals surface area contributed by atoms with E-state index in [0.717, 1.165) is 0 Å². The molecule has 19 heavy (non-hydrogen) atoms. The molecule has 0 saturated heterocycles. The van der Waals surface area contributed by atoms with Crippen LogP contribution in [0, 0.1) is 5.82 Å². The first-order valence-electron chi connectivity index (χ1n) is 6.14. The predicted octanol–water partition coefficient (Wildman–Crippen LogP) is 2.83. The Labute approximate surface area is 112 Å². The summed E-state index contributed by atoms with van der Waals surface area (Å²) in [7, 11) is 1.47. The van der Waals surface area contributed by atoms with Gasteiger partial charge < -0.3 is 14.2 Å². The number of methoxy groups -OCH3 is 1. The fraction of sp³-hybridized carbons (Fsp3) is 0.500. The largest absolute Gasteiger partial charge is 0.460 e. The Morgan fingerprint density at radius 1 is 1.37 bits per heavy atom. The monoisotopic (exact) mass is 270 g/mol. The van der Waals surface area contributed by atoms with Gasteiger partial charge in [0.1, 0.15) is 24.8 Å². The molecule has 106 valence electrons. The van der Waals surface area contributed by atoms with E-state index in [1.54, 1.807) is 32.0 Å². The van der Waals surface area contributed by atoms with E-state index in [1.807, 2.05) is 0 Å². The van der Waals surface area contributed by atoms with Crippen LogP contribution < -0.4 is 0 Å². The summed E-state index contributed by atoms with van der Waals surface area (Å²) in [6, 6.07) is 6.24. The molecule has 0 amide bonds. The Balaban J connectivity index is 2.88. The Morgan fingerprint density at radius 3 is 2.63 bits per heavy atom. The summed E-state index contributed by atoms with van der Waals surface area (Å²) in [5.41, 5.74) is 0.343. The van der Waals surface area contributed by atoms with Crippen LogP contribution in [0.1, 0.15) is 31.9 Å². The second kappa shape index (κ2) is 7.86. The fourth-order valence-electron chi connectivity index (χ4n) is 1.68. The molecule has 0 heterocycles. The van der Waals surface area contributed by atoms with Crippen molar-refractivity contribution in [2.75, 3.05) is 13.9 Å². The van der Waals surface area contributed by atoms with Crippen molar-refractivity contribution in [2.45, 2.75) is 32.5 Å². The number of ether oxygens (including phenoxy) is 3. The van der Waals surface area contributed by atoms with Crippen LogP contribution in [0.4, 0.5) is 4.39 Å². The van der Waals surface area contributed by atoms with Crippen LogP contribution in [0.2, 0.25) is 0 Å². The maximum Gasteiger partial charge on any atom is 0.305 e. The molecule has 0 aliphatic heterocycles. The SMILES string of the molecule is CCC(=O)O[C@@H](C)[C@@H](OCOC)c1ccccc1F. The summed E-state index contributed by atoms with van der Waals surface area (Å²) < 4.78 is 29.2. The van der Waals surface area contributed by atoms with Gasteiger partial charge in [-0.15, -0.1) is 0 Å². The second-order valence-corrected chi connectivity index (χ2v) is 4.06. The van der Waals surface area contributed by atoms with E-state index >= 15 is 0 Å². The van der Waals surface area contributed by atoms with Gasteiger partial charge in [-0.2, -0.15) is 0 Å². The molecule has 1 rings (SSSR count). The van der Waals surface area contributed by atoms with Gasteiger partial charge >= 0.3 is 5.97 Å². The molecule has 0 N–H and O–H groups in total. The topological polar surface area (TPSA) is 44.8 Å². The van der Waals surface area contributed by atoms with Crippen molar-refractivity contribution in [1.29, 1.82) is 0 Å². The van der Waals surface area contributed by atoms with Crippen molar-refractivity contribution >= 4 is 5.97 Å². The smallest absolute Gasteiger partial charge is 0.305 e. The molecular formula is C14H19FO4. The fourth-order valence-corrected chi connectivity index (χ4v) is 1.68. The van der Waals surface area contributed by atoms with Crippen LogP contribution in [0.25, 0.3) is 0 Å². The van der Waals surface area contributed by atoms with E-state index in [1.165, 1.54) is 13.2 Å². The number of carbonyl (C=O) groups is 1. The molecule has 4 nitrogen and oxygen atoms in total. The highest BCUT2D eigenvalue weighted by Crippen LogP contribution is 2.26. The highest BCUT2D eigenvalue weighted by Gasteiger charge is 2.25. The molecule has 0 bridgehead atoms. The van der Waals surface area contributed by atoms with Gasteiger partial charge in [0.25, 0.3) is 0 Å². The Morgan fingerprint density at radius 2 is 2.05 bits per heavy atom. The van der Waals surface area contributed by atoms with Crippen LogP contribution in [0.5, 0.6) is 0 Å². The normalized spacial score (nSPS) is 13.9. The molecule has 0 saturated carbocycles. The number of hydrogen-bond donors (Lipinski definition) is 0. The number of hydrogen-bond acceptors (Lipinski definition) is 4. The lowest BCUT2D eigenvalue weighted by Crippen LogP contribution is -2.26. The van der Waals surface area contributed by atoms with Crippen molar-refractivity contribution in [1.82, 2.24) is 0 Å². The summed E-state index contributed by atoms with van der Waals surface area (Å²) in [5.74, 6) is -0.752. The number of carbonyl (C=O) groups excluding carboxylic acids is 1. The maximum absolute atomic E-state index is 13.8. The number of rotatable bonds is 7. The van der Waals surface area contributed by atoms with E-state index in [-0.39, 0.29) is 19.2 Å². The summed E-state index contributed by atoms with van der Waals surface area (Å²) in [4.78, 5) is 11.3. The third kappa shape index (κ3) is 4.61. The van der Waals surface area contributed by atoms with Gasteiger partial charge in [-0.1, -0.05) is 25.1 Å². The summed E-state index contributed by atoms with van der Waals surface area (Å²) in [6.45, 7) is 3.36.